The molecule has 2 atom stereocenters. The molecule has 0 bridgehead atoms. The van der Waals surface area contributed by atoms with Crippen molar-refractivity contribution >= 4 is 17.7 Å². The molecule has 0 spiro atoms. The smallest absolute Gasteiger partial charge is 0.421 e. The van der Waals surface area contributed by atoms with Gasteiger partial charge in [0.1, 0.15) is 5.60 Å². The number of carbonyl (C=O) groups is 2. The standard InChI is InChI=1S/C25H27NO3/c1-6-25(18(2)16-17-19-12-8-7-9-13-19)20-14-10-11-15-21(20)26(22(25)27)23(28)29-24(3,4)5/h7-15,18H,6H2,1-5H3/t18-,25+/m0/s1. The van der Waals surface area contributed by atoms with Gasteiger partial charge in [-0.25, -0.2) is 9.69 Å². The summed E-state index contributed by atoms with van der Waals surface area (Å²) in [6, 6.07) is 17.1. The number of hydrogen-bond acceptors (Lipinski definition) is 3. The molecule has 0 saturated carbocycles. The Morgan fingerprint density at radius 1 is 1.10 bits per heavy atom. The van der Waals surface area contributed by atoms with Gasteiger partial charge in [0.05, 0.1) is 11.1 Å². The van der Waals surface area contributed by atoms with Gasteiger partial charge in [0.15, 0.2) is 0 Å². The summed E-state index contributed by atoms with van der Waals surface area (Å²) in [6.07, 6.45) is -0.110. The molecule has 29 heavy (non-hydrogen) atoms. The summed E-state index contributed by atoms with van der Waals surface area (Å²) >= 11 is 0. The third-order valence-electron chi connectivity index (χ3n) is 5.29. The third kappa shape index (κ3) is 3.78. The van der Waals surface area contributed by atoms with Gasteiger partial charge in [-0.1, -0.05) is 55.2 Å². The Morgan fingerprint density at radius 3 is 2.34 bits per heavy atom. The van der Waals surface area contributed by atoms with Crippen LogP contribution in [-0.4, -0.2) is 17.6 Å². The molecule has 2 amide bonds. The average molecular weight is 389 g/mol. The molecule has 0 aromatic heterocycles. The van der Waals surface area contributed by atoms with E-state index in [1.165, 1.54) is 4.90 Å². The molecular formula is C25H27NO3. The lowest BCUT2D eigenvalue weighted by atomic mass is 9.70. The zero-order valence-electron chi connectivity index (χ0n) is 17.7. The fourth-order valence-electron chi connectivity index (χ4n) is 3.86. The number of hydrogen-bond donors (Lipinski definition) is 0. The van der Waals surface area contributed by atoms with Crippen molar-refractivity contribution in [3.8, 4) is 11.8 Å². The molecule has 2 aromatic rings. The number of para-hydroxylation sites is 1. The van der Waals surface area contributed by atoms with Gasteiger partial charge in [-0.15, -0.1) is 0 Å². The average Bonchev–Trinajstić information content (AvgIpc) is 2.94. The van der Waals surface area contributed by atoms with Gasteiger partial charge in [-0.2, -0.15) is 0 Å². The van der Waals surface area contributed by atoms with Crippen LogP contribution in [0, 0.1) is 17.8 Å². The molecular weight excluding hydrogens is 362 g/mol. The van der Waals surface area contributed by atoms with Crippen LogP contribution in [0.2, 0.25) is 0 Å². The number of nitrogens with zero attached hydrogens (tertiary/aromatic N) is 1. The van der Waals surface area contributed by atoms with E-state index in [2.05, 4.69) is 11.8 Å². The maximum absolute atomic E-state index is 13.7. The summed E-state index contributed by atoms with van der Waals surface area (Å²) in [5, 5.41) is 0. The summed E-state index contributed by atoms with van der Waals surface area (Å²) in [5.41, 5.74) is 0.723. The highest BCUT2D eigenvalue weighted by molar-refractivity contribution is 6.21. The monoisotopic (exact) mass is 389 g/mol. The SMILES string of the molecule is CC[C@]1([C@@H](C)C#Cc2ccccc2)C(=O)N(C(=O)OC(C)(C)C)c2ccccc21. The number of amides is 2. The van der Waals surface area contributed by atoms with Gasteiger partial charge in [0, 0.05) is 11.5 Å². The van der Waals surface area contributed by atoms with Gasteiger partial charge in [-0.05, 0) is 57.9 Å². The van der Waals surface area contributed by atoms with Crippen LogP contribution in [-0.2, 0) is 14.9 Å². The first kappa shape index (κ1) is 20.7. The Kier molecular flexibility index (Phi) is 5.53. The molecule has 2 aromatic carbocycles. The predicted octanol–water partition coefficient (Wildman–Crippen LogP) is 5.30. The minimum atomic E-state index is -0.894. The van der Waals surface area contributed by atoms with Crippen LogP contribution in [0.3, 0.4) is 0 Å². The number of carbonyl (C=O) groups excluding carboxylic acids is 2. The molecule has 0 unspecified atom stereocenters. The first-order valence-electron chi connectivity index (χ1n) is 9.94. The summed E-state index contributed by atoms with van der Waals surface area (Å²) in [5.74, 6) is 5.88. The molecule has 1 aliphatic rings. The quantitative estimate of drug-likeness (QED) is 0.655. The molecule has 0 saturated heterocycles. The van der Waals surface area contributed by atoms with Crippen molar-refractivity contribution in [2.24, 2.45) is 5.92 Å². The third-order valence-corrected chi connectivity index (χ3v) is 5.29. The van der Waals surface area contributed by atoms with Crippen LogP contribution in [0.25, 0.3) is 0 Å². The maximum Gasteiger partial charge on any atom is 0.421 e. The Hall–Kier alpha value is -3.06. The zero-order valence-corrected chi connectivity index (χ0v) is 17.7. The van der Waals surface area contributed by atoms with E-state index in [0.717, 1.165) is 11.1 Å². The van der Waals surface area contributed by atoms with Crippen LogP contribution < -0.4 is 4.90 Å². The van der Waals surface area contributed by atoms with E-state index in [4.69, 9.17) is 4.74 Å². The largest absolute Gasteiger partial charge is 0.443 e. The number of rotatable bonds is 2. The van der Waals surface area contributed by atoms with Crippen molar-refractivity contribution in [2.75, 3.05) is 4.90 Å². The minimum absolute atomic E-state index is 0.273. The van der Waals surface area contributed by atoms with Crippen LogP contribution in [0.1, 0.15) is 52.2 Å². The van der Waals surface area contributed by atoms with Gasteiger partial charge in [-0.3, -0.25) is 4.79 Å². The molecule has 0 aliphatic carbocycles. The van der Waals surface area contributed by atoms with Crippen LogP contribution in [0.5, 0.6) is 0 Å². The zero-order chi connectivity index (χ0) is 21.2. The highest BCUT2D eigenvalue weighted by Gasteiger charge is 2.55. The molecule has 4 nitrogen and oxygen atoms in total. The van der Waals surface area contributed by atoms with E-state index < -0.39 is 17.1 Å². The second kappa shape index (κ2) is 7.75. The van der Waals surface area contributed by atoms with Gasteiger partial charge in [0.2, 0.25) is 5.91 Å². The van der Waals surface area contributed by atoms with Crippen molar-refractivity contribution in [1.82, 2.24) is 0 Å². The second-order valence-electron chi connectivity index (χ2n) is 8.32. The number of fused-ring (bicyclic) bond motifs is 1. The molecule has 1 heterocycles. The van der Waals surface area contributed by atoms with E-state index in [9.17, 15) is 9.59 Å². The lowest BCUT2D eigenvalue weighted by Crippen LogP contribution is -2.47. The summed E-state index contributed by atoms with van der Waals surface area (Å²) in [6.45, 7) is 9.29. The number of benzene rings is 2. The second-order valence-corrected chi connectivity index (χ2v) is 8.32. The van der Waals surface area contributed by atoms with Crippen molar-refractivity contribution in [2.45, 2.75) is 52.1 Å². The number of imide groups is 1. The molecule has 0 radical (unpaired) electrons. The Bertz CT molecular complexity index is 978. The van der Waals surface area contributed by atoms with Crippen LogP contribution in [0.4, 0.5) is 10.5 Å². The van der Waals surface area contributed by atoms with E-state index in [1.807, 2.05) is 62.4 Å². The van der Waals surface area contributed by atoms with E-state index in [-0.39, 0.29) is 11.8 Å². The van der Waals surface area contributed by atoms with Crippen molar-refractivity contribution in [1.29, 1.82) is 0 Å². The van der Waals surface area contributed by atoms with E-state index in [1.54, 1.807) is 26.8 Å². The fraction of sp³-hybridized carbons (Fsp3) is 0.360. The predicted molar refractivity (Wildman–Crippen MR) is 115 cm³/mol. The van der Waals surface area contributed by atoms with Crippen LogP contribution >= 0.6 is 0 Å². The molecule has 4 heteroatoms. The first-order chi connectivity index (χ1) is 13.7. The van der Waals surface area contributed by atoms with Crippen LogP contribution in [0.15, 0.2) is 54.6 Å². The fourth-order valence-corrected chi connectivity index (χ4v) is 3.86. The molecule has 1 aliphatic heterocycles. The van der Waals surface area contributed by atoms with Crippen molar-refractivity contribution in [3.63, 3.8) is 0 Å². The summed E-state index contributed by atoms with van der Waals surface area (Å²) < 4.78 is 5.53. The highest BCUT2D eigenvalue weighted by Crippen LogP contribution is 2.48. The van der Waals surface area contributed by atoms with E-state index in [0.29, 0.717) is 12.1 Å². The number of ether oxygens (including phenoxy) is 1. The van der Waals surface area contributed by atoms with Gasteiger partial charge in [0.25, 0.3) is 0 Å². The lowest BCUT2D eigenvalue weighted by molar-refractivity contribution is -0.124. The summed E-state index contributed by atoms with van der Waals surface area (Å²) in [7, 11) is 0. The van der Waals surface area contributed by atoms with Crippen molar-refractivity contribution in [3.05, 3.63) is 65.7 Å². The summed E-state index contributed by atoms with van der Waals surface area (Å²) in [4.78, 5) is 27.7. The lowest BCUT2D eigenvalue weighted by Gasteiger charge is -2.31. The maximum atomic E-state index is 13.7. The Labute approximate surface area is 172 Å². The first-order valence-corrected chi connectivity index (χ1v) is 9.94. The van der Waals surface area contributed by atoms with Crippen molar-refractivity contribution < 1.29 is 14.3 Å². The Balaban J connectivity index is 2.06. The molecule has 150 valence electrons. The molecule has 3 rings (SSSR count). The molecule has 0 fully saturated rings. The molecule has 0 N–H and O–H groups in total. The van der Waals surface area contributed by atoms with Gasteiger partial charge < -0.3 is 4.74 Å². The highest BCUT2D eigenvalue weighted by atomic mass is 16.6. The normalized spacial score (nSPS) is 19.2. The Morgan fingerprint density at radius 2 is 1.72 bits per heavy atom. The minimum Gasteiger partial charge on any atom is -0.443 e. The van der Waals surface area contributed by atoms with E-state index >= 15 is 0 Å². The number of anilines is 1. The van der Waals surface area contributed by atoms with Gasteiger partial charge >= 0.3 is 6.09 Å². The topological polar surface area (TPSA) is 46.6 Å².